The largest absolute Gasteiger partial charge is 0.497 e. The van der Waals surface area contributed by atoms with Crippen LogP contribution in [0.4, 0.5) is 5.69 Å². The van der Waals surface area contributed by atoms with Gasteiger partial charge in [-0.1, -0.05) is 18.7 Å². The van der Waals surface area contributed by atoms with Gasteiger partial charge in [-0.25, -0.2) is 9.97 Å². The Hall–Kier alpha value is -2.74. The molecule has 0 unspecified atom stereocenters. The van der Waals surface area contributed by atoms with Crippen LogP contribution >= 0.6 is 11.8 Å². The molecular formula is C18H20N4O3S. The molecule has 0 aliphatic rings. The number of aromatic nitrogens is 3. The van der Waals surface area contributed by atoms with Crippen LogP contribution in [-0.2, 0) is 4.79 Å². The van der Waals surface area contributed by atoms with Crippen molar-refractivity contribution in [3.63, 3.8) is 0 Å². The standard InChI is InChI=1S/C18H20N4O3S/c1-4-15(26-18-21-12-6-5-9-19-16(12)22-18)17(23)20-13-10-11(24-2)7-8-14(13)25-3/h5-10,15H,4H2,1-3H3,(H,20,23)(H,19,21,22)/t15-/m0/s1. The van der Waals surface area contributed by atoms with E-state index in [1.165, 1.54) is 11.8 Å². The summed E-state index contributed by atoms with van der Waals surface area (Å²) in [4.78, 5) is 24.6. The van der Waals surface area contributed by atoms with Crippen LogP contribution in [0.2, 0.25) is 0 Å². The first-order chi connectivity index (χ1) is 12.6. The van der Waals surface area contributed by atoms with Crippen molar-refractivity contribution in [3.8, 4) is 11.5 Å². The fourth-order valence-corrected chi connectivity index (χ4v) is 3.37. The zero-order valence-corrected chi connectivity index (χ0v) is 15.6. The van der Waals surface area contributed by atoms with Gasteiger partial charge < -0.3 is 19.8 Å². The van der Waals surface area contributed by atoms with Crippen LogP contribution in [0.1, 0.15) is 13.3 Å². The number of pyridine rings is 1. The minimum Gasteiger partial charge on any atom is -0.497 e. The molecule has 3 aromatic rings. The molecule has 3 rings (SSSR count). The summed E-state index contributed by atoms with van der Waals surface area (Å²) in [6.07, 6.45) is 2.34. The minimum atomic E-state index is -0.313. The van der Waals surface area contributed by atoms with Gasteiger partial charge in [-0.3, -0.25) is 4.79 Å². The highest BCUT2D eigenvalue weighted by atomic mass is 32.2. The lowest BCUT2D eigenvalue weighted by atomic mass is 10.2. The van der Waals surface area contributed by atoms with E-state index in [1.54, 1.807) is 38.6 Å². The highest BCUT2D eigenvalue weighted by Crippen LogP contribution is 2.31. The Kier molecular flexibility index (Phi) is 5.62. The summed E-state index contributed by atoms with van der Waals surface area (Å²) in [6, 6.07) is 9.02. The maximum atomic E-state index is 12.7. The molecule has 1 aromatic carbocycles. The monoisotopic (exact) mass is 372 g/mol. The van der Waals surface area contributed by atoms with Gasteiger partial charge in [0, 0.05) is 12.3 Å². The highest BCUT2D eigenvalue weighted by Gasteiger charge is 2.21. The van der Waals surface area contributed by atoms with E-state index in [2.05, 4.69) is 20.3 Å². The van der Waals surface area contributed by atoms with Gasteiger partial charge in [0.25, 0.3) is 0 Å². The van der Waals surface area contributed by atoms with Crippen molar-refractivity contribution < 1.29 is 14.3 Å². The Morgan fingerprint density at radius 3 is 2.85 bits per heavy atom. The third kappa shape index (κ3) is 3.91. The van der Waals surface area contributed by atoms with E-state index in [0.29, 0.717) is 34.4 Å². The van der Waals surface area contributed by atoms with Gasteiger partial charge >= 0.3 is 0 Å². The minimum absolute atomic E-state index is 0.127. The Labute approximate surface area is 155 Å². The molecule has 0 saturated carbocycles. The number of rotatable bonds is 7. The van der Waals surface area contributed by atoms with Gasteiger partial charge in [0.15, 0.2) is 10.8 Å². The van der Waals surface area contributed by atoms with Crippen LogP contribution in [0.15, 0.2) is 41.7 Å². The molecule has 0 fully saturated rings. The second kappa shape index (κ2) is 8.09. The first-order valence-corrected chi connectivity index (χ1v) is 9.02. The number of ether oxygens (including phenoxy) is 2. The summed E-state index contributed by atoms with van der Waals surface area (Å²) in [6.45, 7) is 1.96. The normalized spacial score (nSPS) is 12.0. The lowest BCUT2D eigenvalue weighted by Crippen LogP contribution is -2.25. The van der Waals surface area contributed by atoms with Crippen molar-refractivity contribution >= 4 is 34.5 Å². The van der Waals surface area contributed by atoms with Crippen molar-refractivity contribution in [2.24, 2.45) is 0 Å². The molecule has 8 heteroatoms. The van der Waals surface area contributed by atoms with Crippen LogP contribution in [-0.4, -0.2) is 40.3 Å². The topological polar surface area (TPSA) is 89.1 Å². The Bertz CT molecular complexity index is 879. The number of hydrogen-bond acceptors (Lipinski definition) is 6. The lowest BCUT2D eigenvalue weighted by molar-refractivity contribution is -0.115. The number of hydrogen-bond donors (Lipinski definition) is 2. The number of fused-ring (bicyclic) bond motifs is 1. The Morgan fingerprint density at radius 1 is 1.31 bits per heavy atom. The molecule has 2 aromatic heterocycles. The van der Waals surface area contributed by atoms with Gasteiger partial charge in [0.1, 0.15) is 11.5 Å². The fourth-order valence-electron chi connectivity index (χ4n) is 2.46. The van der Waals surface area contributed by atoms with Gasteiger partial charge in [0.2, 0.25) is 5.91 Å². The molecule has 2 N–H and O–H groups in total. The maximum absolute atomic E-state index is 12.7. The summed E-state index contributed by atoms with van der Waals surface area (Å²) in [5.74, 6) is 1.09. The molecule has 136 valence electrons. The predicted molar refractivity (Wildman–Crippen MR) is 102 cm³/mol. The average molecular weight is 372 g/mol. The first kappa shape index (κ1) is 18.1. The smallest absolute Gasteiger partial charge is 0.238 e. The number of nitrogens with zero attached hydrogens (tertiary/aromatic N) is 2. The summed E-state index contributed by atoms with van der Waals surface area (Å²) in [7, 11) is 3.14. The number of carbonyl (C=O) groups excluding carboxylic acids is 1. The van der Waals surface area contributed by atoms with Gasteiger partial charge in [-0.15, -0.1) is 0 Å². The Balaban J connectivity index is 1.76. The number of H-pyrrole nitrogens is 1. The van der Waals surface area contributed by atoms with Crippen LogP contribution in [0.25, 0.3) is 11.2 Å². The molecule has 0 aliphatic heterocycles. The second-order valence-electron chi connectivity index (χ2n) is 5.49. The molecule has 0 bridgehead atoms. The first-order valence-electron chi connectivity index (χ1n) is 8.15. The SMILES string of the molecule is CC[C@H](Sc1nc2ncccc2[nH]1)C(=O)Nc1cc(OC)ccc1OC. The van der Waals surface area contributed by atoms with Crippen LogP contribution in [0.3, 0.4) is 0 Å². The van der Waals surface area contributed by atoms with Crippen molar-refractivity contribution in [2.45, 2.75) is 23.8 Å². The zero-order chi connectivity index (χ0) is 18.5. The number of nitrogens with one attached hydrogen (secondary N) is 2. The Morgan fingerprint density at radius 2 is 2.15 bits per heavy atom. The number of carbonyl (C=O) groups is 1. The molecular weight excluding hydrogens is 352 g/mol. The molecule has 1 atom stereocenters. The quantitative estimate of drug-likeness (QED) is 0.617. The number of methoxy groups -OCH3 is 2. The fraction of sp³-hybridized carbons (Fsp3) is 0.278. The van der Waals surface area contributed by atoms with Crippen molar-refractivity contribution in [1.82, 2.24) is 15.0 Å². The van der Waals surface area contributed by atoms with E-state index in [4.69, 9.17) is 9.47 Å². The number of benzene rings is 1. The number of imidazole rings is 1. The van der Waals surface area contributed by atoms with E-state index < -0.39 is 0 Å². The van der Waals surface area contributed by atoms with Crippen molar-refractivity contribution in [1.29, 1.82) is 0 Å². The number of amides is 1. The van der Waals surface area contributed by atoms with Gasteiger partial charge in [-0.05, 0) is 30.7 Å². The summed E-state index contributed by atoms with van der Waals surface area (Å²) in [5.41, 5.74) is 2.06. The van der Waals surface area contributed by atoms with E-state index >= 15 is 0 Å². The van der Waals surface area contributed by atoms with Crippen molar-refractivity contribution in [3.05, 3.63) is 36.5 Å². The molecule has 2 heterocycles. The third-order valence-electron chi connectivity index (χ3n) is 3.82. The molecule has 7 nitrogen and oxygen atoms in total. The number of anilines is 1. The van der Waals surface area contributed by atoms with Crippen LogP contribution in [0, 0.1) is 0 Å². The highest BCUT2D eigenvalue weighted by molar-refractivity contribution is 8.00. The maximum Gasteiger partial charge on any atom is 0.238 e. The predicted octanol–water partition coefficient (Wildman–Crippen LogP) is 3.48. The summed E-state index contributed by atoms with van der Waals surface area (Å²) in [5, 5.41) is 3.27. The number of thioether (sulfide) groups is 1. The van der Waals surface area contributed by atoms with Crippen molar-refractivity contribution in [2.75, 3.05) is 19.5 Å². The molecule has 26 heavy (non-hydrogen) atoms. The number of aromatic amines is 1. The zero-order valence-electron chi connectivity index (χ0n) is 14.8. The molecule has 0 spiro atoms. The second-order valence-corrected chi connectivity index (χ2v) is 6.68. The molecule has 0 saturated heterocycles. The molecule has 0 radical (unpaired) electrons. The van der Waals surface area contributed by atoms with Crippen LogP contribution < -0.4 is 14.8 Å². The van der Waals surface area contributed by atoms with E-state index in [9.17, 15) is 4.79 Å². The molecule has 0 aliphatic carbocycles. The van der Waals surface area contributed by atoms with E-state index in [0.717, 1.165) is 5.52 Å². The van der Waals surface area contributed by atoms with E-state index in [-0.39, 0.29) is 11.2 Å². The average Bonchev–Trinajstić information content (AvgIpc) is 3.08. The van der Waals surface area contributed by atoms with Crippen LogP contribution in [0.5, 0.6) is 11.5 Å². The third-order valence-corrected chi connectivity index (χ3v) is 5.07. The van der Waals surface area contributed by atoms with E-state index in [1.807, 2.05) is 19.1 Å². The summed E-state index contributed by atoms with van der Waals surface area (Å²) >= 11 is 1.37. The summed E-state index contributed by atoms with van der Waals surface area (Å²) < 4.78 is 10.5. The van der Waals surface area contributed by atoms with Gasteiger partial charge in [-0.2, -0.15) is 0 Å². The molecule has 1 amide bonds. The van der Waals surface area contributed by atoms with Gasteiger partial charge in [0.05, 0.1) is 30.7 Å². The lowest BCUT2D eigenvalue weighted by Gasteiger charge is -2.16.